The van der Waals surface area contributed by atoms with Gasteiger partial charge >= 0.3 is 5.97 Å². The Labute approximate surface area is 203 Å². The molecule has 0 saturated carbocycles. The molecule has 0 aliphatic carbocycles. The van der Waals surface area contributed by atoms with Crippen molar-refractivity contribution in [1.29, 1.82) is 5.26 Å². The highest BCUT2D eigenvalue weighted by Gasteiger charge is 2.22. The lowest BCUT2D eigenvalue weighted by molar-refractivity contribution is 0.0699. The number of benzene rings is 3. The number of ether oxygens (including phenoxy) is 1. The molecule has 174 valence electrons. The molecule has 35 heavy (non-hydrogen) atoms. The van der Waals surface area contributed by atoms with Gasteiger partial charge in [-0.15, -0.1) is 0 Å². The van der Waals surface area contributed by atoms with Gasteiger partial charge in [0.05, 0.1) is 17.1 Å². The molecule has 1 aliphatic rings. The summed E-state index contributed by atoms with van der Waals surface area (Å²) in [5.41, 5.74) is 7.08. The van der Waals surface area contributed by atoms with Gasteiger partial charge in [0.2, 0.25) is 0 Å². The summed E-state index contributed by atoms with van der Waals surface area (Å²) < 4.78 is 8.24. The molecule has 1 aromatic heterocycles. The average molecular weight is 464 g/mol. The summed E-state index contributed by atoms with van der Waals surface area (Å²) >= 11 is 0. The van der Waals surface area contributed by atoms with E-state index >= 15 is 0 Å². The number of allylic oxidation sites excluding steroid dienone is 1. The Morgan fingerprint density at radius 1 is 1.14 bits per heavy atom. The van der Waals surface area contributed by atoms with Crippen molar-refractivity contribution in [1.82, 2.24) is 9.55 Å². The largest absolute Gasteiger partial charge is 0.488 e. The van der Waals surface area contributed by atoms with E-state index in [1.54, 1.807) is 12.1 Å². The van der Waals surface area contributed by atoms with E-state index in [-0.39, 0.29) is 5.56 Å². The van der Waals surface area contributed by atoms with Crippen molar-refractivity contribution in [3.63, 3.8) is 0 Å². The molecule has 4 aromatic rings. The van der Waals surface area contributed by atoms with Gasteiger partial charge < -0.3 is 14.4 Å². The van der Waals surface area contributed by atoms with Crippen LogP contribution in [0.1, 0.15) is 58.7 Å². The minimum Gasteiger partial charge on any atom is -0.488 e. The third-order valence-corrected chi connectivity index (χ3v) is 6.42. The highest BCUT2D eigenvalue weighted by molar-refractivity contribution is 6.01. The number of rotatable bonds is 5. The summed E-state index contributed by atoms with van der Waals surface area (Å²) in [4.78, 5) is 16.5. The fourth-order valence-corrected chi connectivity index (χ4v) is 4.81. The van der Waals surface area contributed by atoms with Crippen molar-refractivity contribution in [3.05, 3.63) is 99.9 Å². The van der Waals surface area contributed by atoms with Crippen LogP contribution in [0.15, 0.2) is 66.2 Å². The molecule has 2 heterocycles. The first-order chi connectivity index (χ1) is 17.0. The number of aromatic nitrogens is 2. The zero-order chi connectivity index (χ0) is 24.5. The summed E-state index contributed by atoms with van der Waals surface area (Å²) in [6, 6.07) is 21.7. The first-order valence-corrected chi connectivity index (χ1v) is 11.7. The summed E-state index contributed by atoms with van der Waals surface area (Å²) in [5.74, 6) is 0.662. The van der Waals surface area contributed by atoms with Crippen molar-refractivity contribution >= 4 is 22.6 Å². The Balaban J connectivity index is 1.61. The topological polar surface area (TPSA) is 88.1 Å². The number of carboxylic acid groups (broad SMARTS) is 1. The van der Waals surface area contributed by atoms with E-state index in [0.717, 1.165) is 57.8 Å². The van der Waals surface area contributed by atoms with Gasteiger partial charge in [-0.05, 0) is 54.3 Å². The standard InChI is InChI=1S/C29H25N3O3/c1-3-7-26-31-28-23(29(33)34)9-6-10-24(28)32(26)16-19-12-13-21-20(14-19)17-35-25-11-5-4-8-22(25)27(21)18(2)15-30/h4-6,8-14H,3,7,16-17H2,1-2H3,(H,33,34). The molecule has 6 heteroatoms. The number of aryl methyl sites for hydroxylation is 1. The lowest BCUT2D eigenvalue weighted by Crippen LogP contribution is -2.07. The highest BCUT2D eigenvalue weighted by atomic mass is 16.5. The van der Waals surface area contributed by atoms with Gasteiger partial charge in [0.1, 0.15) is 23.7 Å². The molecule has 0 saturated heterocycles. The fraction of sp³-hybridized carbons (Fsp3) is 0.207. The zero-order valence-electron chi connectivity index (χ0n) is 19.7. The van der Waals surface area contributed by atoms with E-state index in [4.69, 9.17) is 9.72 Å². The molecule has 0 amide bonds. The first-order valence-electron chi connectivity index (χ1n) is 11.7. The number of hydrogen-bond acceptors (Lipinski definition) is 4. The van der Waals surface area contributed by atoms with Gasteiger partial charge in [0.15, 0.2) is 0 Å². The maximum atomic E-state index is 11.8. The molecule has 0 bridgehead atoms. The molecule has 1 aliphatic heterocycles. The molecular weight excluding hydrogens is 438 g/mol. The van der Waals surface area contributed by atoms with Gasteiger partial charge in [-0.1, -0.05) is 43.3 Å². The van der Waals surface area contributed by atoms with Crippen molar-refractivity contribution in [2.24, 2.45) is 0 Å². The zero-order valence-corrected chi connectivity index (χ0v) is 19.7. The lowest BCUT2D eigenvalue weighted by atomic mass is 9.90. The van der Waals surface area contributed by atoms with Crippen LogP contribution in [0.25, 0.3) is 16.6 Å². The summed E-state index contributed by atoms with van der Waals surface area (Å²) in [6.45, 7) is 4.89. The van der Waals surface area contributed by atoms with Crippen LogP contribution in [0.2, 0.25) is 0 Å². The third-order valence-electron chi connectivity index (χ3n) is 6.42. The summed E-state index contributed by atoms with van der Waals surface area (Å²) in [7, 11) is 0. The minimum absolute atomic E-state index is 0.216. The van der Waals surface area contributed by atoms with Gasteiger partial charge in [0.25, 0.3) is 0 Å². The quantitative estimate of drug-likeness (QED) is 0.368. The number of fused-ring (bicyclic) bond motifs is 3. The van der Waals surface area contributed by atoms with Gasteiger partial charge in [0, 0.05) is 29.7 Å². The first kappa shape index (κ1) is 22.4. The maximum absolute atomic E-state index is 11.8. The van der Waals surface area contributed by atoms with Gasteiger partial charge in [-0.3, -0.25) is 0 Å². The van der Waals surface area contributed by atoms with Gasteiger partial charge in [-0.25, -0.2) is 9.78 Å². The molecule has 3 aromatic carbocycles. The molecule has 0 radical (unpaired) electrons. The second-order valence-electron chi connectivity index (χ2n) is 8.73. The summed E-state index contributed by atoms with van der Waals surface area (Å²) in [5, 5.41) is 19.3. The number of nitrogens with zero attached hydrogens (tertiary/aromatic N) is 3. The molecule has 0 unspecified atom stereocenters. The van der Waals surface area contributed by atoms with Crippen molar-refractivity contribution in [2.75, 3.05) is 0 Å². The van der Waals surface area contributed by atoms with Crippen LogP contribution in [0, 0.1) is 11.3 Å². The van der Waals surface area contributed by atoms with E-state index in [9.17, 15) is 15.2 Å². The summed E-state index contributed by atoms with van der Waals surface area (Å²) in [6.07, 6.45) is 1.66. The predicted octanol–water partition coefficient (Wildman–Crippen LogP) is 5.97. The van der Waals surface area contributed by atoms with E-state index in [0.29, 0.717) is 24.2 Å². The lowest BCUT2D eigenvalue weighted by Gasteiger charge is -2.14. The highest BCUT2D eigenvalue weighted by Crippen LogP contribution is 2.38. The number of aromatic carboxylic acids is 1. The van der Waals surface area contributed by atoms with Crippen molar-refractivity contribution in [2.45, 2.75) is 39.8 Å². The SMILES string of the molecule is CCCc1nc2c(C(=O)O)cccc2n1Cc1ccc2c(c1)COc1ccccc1C2=C(C)C#N. The van der Waals surface area contributed by atoms with E-state index in [2.05, 4.69) is 35.8 Å². The minimum atomic E-state index is -0.975. The second kappa shape index (κ2) is 9.11. The number of carbonyl (C=O) groups is 1. The smallest absolute Gasteiger partial charge is 0.337 e. The molecular formula is C29H25N3O3. The third kappa shape index (κ3) is 3.95. The Hall–Kier alpha value is -4.37. The second-order valence-corrected chi connectivity index (χ2v) is 8.73. The average Bonchev–Trinajstić information content (AvgIpc) is 3.11. The molecule has 1 N–H and O–H groups in total. The molecule has 5 rings (SSSR count). The fourth-order valence-electron chi connectivity index (χ4n) is 4.81. The van der Waals surface area contributed by atoms with Crippen LogP contribution in [-0.2, 0) is 19.6 Å². The number of carboxylic acids is 1. The number of imidazole rings is 1. The normalized spacial score (nSPS) is 13.9. The Morgan fingerprint density at radius 3 is 2.74 bits per heavy atom. The Bertz CT molecular complexity index is 1540. The van der Waals surface area contributed by atoms with Crippen molar-refractivity contribution < 1.29 is 14.6 Å². The number of para-hydroxylation sites is 2. The van der Waals surface area contributed by atoms with Gasteiger partial charge in [-0.2, -0.15) is 5.26 Å². The maximum Gasteiger partial charge on any atom is 0.337 e. The molecule has 6 nitrogen and oxygen atoms in total. The van der Waals surface area contributed by atoms with Crippen LogP contribution in [0.3, 0.4) is 0 Å². The predicted molar refractivity (Wildman–Crippen MR) is 134 cm³/mol. The van der Waals surface area contributed by atoms with E-state index in [1.165, 1.54) is 0 Å². The van der Waals surface area contributed by atoms with Crippen LogP contribution in [-0.4, -0.2) is 20.6 Å². The monoisotopic (exact) mass is 463 g/mol. The van der Waals surface area contributed by atoms with E-state index in [1.807, 2.05) is 37.3 Å². The van der Waals surface area contributed by atoms with E-state index < -0.39 is 5.97 Å². The Kier molecular flexibility index (Phi) is 5.84. The van der Waals surface area contributed by atoms with Crippen LogP contribution < -0.4 is 4.74 Å². The Morgan fingerprint density at radius 2 is 1.97 bits per heavy atom. The van der Waals surface area contributed by atoms with Crippen LogP contribution >= 0.6 is 0 Å². The molecule has 0 spiro atoms. The van der Waals surface area contributed by atoms with Crippen molar-refractivity contribution in [3.8, 4) is 11.8 Å². The number of nitriles is 1. The molecule has 0 atom stereocenters. The molecule has 0 fully saturated rings. The number of hydrogen-bond donors (Lipinski definition) is 1. The van der Waals surface area contributed by atoms with Crippen LogP contribution in [0.4, 0.5) is 0 Å². The van der Waals surface area contributed by atoms with Crippen LogP contribution in [0.5, 0.6) is 5.75 Å².